The van der Waals surface area contributed by atoms with Gasteiger partial charge in [-0.15, -0.1) is 0 Å². The van der Waals surface area contributed by atoms with Gasteiger partial charge in [-0.25, -0.2) is 0 Å². The smallest absolute Gasteiger partial charge is 0.118 e. The molecule has 0 radical (unpaired) electrons. The maximum atomic E-state index is 5.24. The van der Waals surface area contributed by atoms with E-state index in [0.29, 0.717) is 0 Å². The Bertz CT molecular complexity index is 383. The first-order valence-corrected chi connectivity index (χ1v) is 8.09. The number of ether oxygens (including phenoxy) is 1. The van der Waals surface area contributed by atoms with Crippen LogP contribution < -0.4 is 10.1 Å². The minimum atomic E-state index is 0.740. The SMILES string of the molecule is CCCC(C)C(CNC1CC1)Cc1ccc(OC)cc1. The molecule has 0 bridgehead atoms. The summed E-state index contributed by atoms with van der Waals surface area (Å²) in [7, 11) is 1.72. The molecule has 1 aliphatic rings. The molecule has 1 aliphatic carbocycles. The molecule has 2 heteroatoms. The lowest BCUT2D eigenvalue weighted by Crippen LogP contribution is -2.30. The zero-order valence-corrected chi connectivity index (χ0v) is 13.2. The summed E-state index contributed by atoms with van der Waals surface area (Å²) in [6.07, 6.45) is 6.52. The van der Waals surface area contributed by atoms with Gasteiger partial charge in [0.15, 0.2) is 0 Å². The Morgan fingerprint density at radius 2 is 1.95 bits per heavy atom. The average Bonchev–Trinajstić information content (AvgIpc) is 3.28. The van der Waals surface area contributed by atoms with Crippen molar-refractivity contribution in [2.75, 3.05) is 13.7 Å². The maximum Gasteiger partial charge on any atom is 0.118 e. The predicted molar refractivity (Wildman–Crippen MR) is 85.3 cm³/mol. The van der Waals surface area contributed by atoms with Crippen molar-refractivity contribution in [2.45, 2.75) is 52.0 Å². The van der Waals surface area contributed by atoms with Crippen molar-refractivity contribution < 1.29 is 4.74 Å². The van der Waals surface area contributed by atoms with Crippen LogP contribution in [0, 0.1) is 11.8 Å². The minimum Gasteiger partial charge on any atom is -0.497 e. The van der Waals surface area contributed by atoms with Gasteiger partial charge in [0.1, 0.15) is 5.75 Å². The van der Waals surface area contributed by atoms with E-state index in [-0.39, 0.29) is 0 Å². The molecule has 0 saturated heterocycles. The molecule has 0 aromatic heterocycles. The third-order valence-electron chi connectivity index (χ3n) is 4.45. The van der Waals surface area contributed by atoms with Crippen LogP contribution in [-0.2, 0) is 6.42 Å². The number of nitrogens with one attached hydrogen (secondary N) is 1. The minimum absolute atomic E-state index is 0.740. The van der Waals surface area contributed by atoms with Crippen LogP contribution in [0.2, 0.25) is 0 Å². The summed E-state index contributed by atoms with van der Waals surface area (Å²) in [5.41, 5.74) is 1.43. The molecule has 1 N–H and O–H groups in total. The van der Waals surface area contributed by atoms with Gasteiger partial charge < -0.3 is 10.1 Å². The fourth-order valence-electron chi connectivity index (χ4n) is 2.84. The highest BCUT2D eigenvalue weighted by Gasteiger charge is 2.24. The second kappa shape index (κ2) is 7.68. The molecule has 20 heavy (non-hydrogen) atoms. The Balaban J connectivity index is 1.92. The van der Waals surface area contributed by atoms with Gasteiger partial charge in [-0.3, -0.25) is 0 Å². The molecule has 0 spiro atoms. The van der Waals surface area contributed by atoms with E-state index in [1.165, 1.54) is 37.7 Å². The number of rotatable bonds is 9. The lowest BCUT2D eigenvalue weighted by molar-refractivity contribution is 0.317. The molecule has 2 atom stereocenters. The quantitative estimate of drug-likeness (QED) is 0.734. The van der Waals surface area contributed by atoms with Gasteiger partial charge in [0.05, 0.1) is 7.11 Å². The van der Waals surface area contributed by atoms with E-state index in [1.54, 1.807) is 7.11 Å². The van der Waals surface area contributed by atoms with E-state index < -0.39 is 0 Å². The van der Waals surface area contributed by atoms with Crippen molar-refractivity contribution in [3.8, 4) is 5.75 Å². The largest absolute Gasteiger partial charge is 0.497 e. The van der Waals surface area contributed by atoms with Crippen LogP contribution in [0.15, 0.2) is 24.3 Å². The van der Waals surface area contributed by atoms with Crippen molar-refractivity contribution in [1.82, 2.24) is 5.32 Å². The standard InChI is InChI=1S/C18H29NO/c1-4-5-14(2)16(13-19-17-8-9-17)12-15-6-10-18(20-3)11-7-15/h6-7,10-11,14,16-17,19H,4-5,8-9,12-13H2,1-3H3. The molecule has 2 rings (SSSR count). The van der Waals surface area contributed by atoms with E-state index in [0.717, 1.165) is 30.2 Å². The lowest BCUT2D eigenvalue weighted by Gasteiger charge is -2.24. The number of hydrogen-bond donors (Lipinski definition) is 1. The van der Waals surface area contributed by atoms with Crippen LogP contribution in [-0.4, -0.2) is 19.7 Å². The van der Waals surface area contributed by atoms with Crippen LogP contribution in [0.5, 0.6) is 5.75 Å². The van der Waals surface area contributed by atoms with Crippen LogP contribution >= 0.6 is 0 Å². The van der Waals surface area contributed by atoms with Crippen molar-refractivity contribution in [3.63, 3.8) is 0 Å². The normalized spacial score (nSPS) is 17.8. The molecule has 112 valence electrons. The highest BCUT2D eigenvalue weighted by Crippen LogP contribution is 2.25. The Morgan fingerprint density at radius 3 is 2.50 bits per heavy atom. The Morgan fingerprint density at radius 1 is 1.25 bits per heavy atom. The number of benzene rings is 1. The van der Waals surface area contributed by atoms with Gasteiger partial charge in [0.2, 0.25) is 0 Å². The van der Waals surface area contributed by atoms with Crippen LogP contribution in [0.3, 0.4) is 0 Å². The van der Waals surface area contributed by atoms with Crippen molar-refractivity contribution >= 4 is 0 Å². The molecule has 1 fully saturated rings. The summed E-state index contributed by atoms with van der Waals surface area (Å²) in [5.74, 6) is 2.47. The number of methoxy groups -OCH3 is 1. The van der Waals surface area contributed by atoms with Gasteiger partial charge in [-0.1, -0.05) is 38.8 Å². The number of hydrogen-bond acceptors (Lipinski definition) is 2. The van der Waals surface area contributed by atoms with Gasteiger partial charge in [-0.2, -0.15) is 0 Å². The molecule has 2 nitrogen and oxygen atoms in total. The third kappa shape index (κ3) is 4.82. The van der Waals surface area contributed by atoms with Gasteiger partial charge in [0, 0.05) is 6.04 Å². The molecule has 0 amide bonds. The van der Waals surface area contributed by atoms with E-state index in [2.05, 4.69) is 43.4 Å². The predicted octanol–water partition coefficient (Wildman–Crippen LogP) is 4.04. The Kier molecular flexibility index (Phi) is 5.90. The molecule has 0 heterocycles. The molecule has 1 saturated carbocycles. The topological polar surface area (TPSA) is 21.3 Å². The molecule has 2 unspecified atom stereocenters. The van der Waals surface area contributed by atoms with Crippen LogP contribution in [0.25, 0.3) is 0 Å². The maximum absolute atomic E-state index is 5.24. The highest BCUT2D eigenvalue weighted by atomic mass is 16.5. The summed E-state index contributed by atoms with van der Waals surface area (Å²) in [4.78, 5) is 0. The molecule has 1 aromatic rings. The third-order valence-corrected chi connectivity index (χ3v) is 4.45. The monoisotopic (exact) mass is 275 g/mol. The van der Waals surface area contributed by atoms with E-state index in [9.17, 15) is 0 Å². The van der Waals surface area contributed by atoms with E-state index >= 15 is 0 Å². The molecular formula is C18H29NO. The van der Waals surface area contributed by atoms with Crippen molar-refractivity contribution in [1.29, 1.82) is 0 Å². The van der Waals surface area contributed by atoms with Crippen LogP contribution in [0.4, 0.5) is 0 Å². The Hall–Kier alpha value is -1.02. The van der Waals surface area contributed by atoms with E-state index in [4.69, 9.17) is 4.74 Å². The molecular weight excluding hydrogens is 246 g/mol. The molecule has 0 aliphatic heterocycles. The summed E-state index contributed by atoms with van der Waals surface area (Å²) >= 11 is 0. The van der Waals surface area contributed by atoms with Gasteiger partial charge >= 0.3 is 0 Å². The first kappa shape index (κ1) is 15.4. The molecule has 1 aromatic carbocycles. The van der Waals surface area contributed by atoms with E-state index in [1.807, 2.05) is 0 Å². The fraction of sp³-hybridized carbons (Fsp3) is 0.667. The lowest BCUT2D eigenvalue weighted by atomic mass is 9.85. The first-order valence-electron chi connectivity index (χ1n) is 8.09. The Labute approximate surface area is 123 Å². The second-order valence-electron chi connectivity index (χ2n) is 6.26. The zero-order chi connectivity index (χ0) is 14.4. The zero-order valence-electron chi connectivity index (χ0n) is 13.2. The van der Waals surface area contributed by atoms with Crippen LogP contribution in [0.1, 0.15) is 45.1 Å². The van der Waals surface area contributed by atoms with Crippen molar-refractivity contribution in [3.05, 3.63) is 29.8 Å². The second-order valence-corrected chi connectivity index (χ2v) is 6.26. The summed E-state index contributed by atoms with van der Waals surface area (Å²) in [6, 6.07) is 9.38. The first-order chi connectivity index (χ1) is 9.72. The highest BCUT2D eigenvalue weighted by molar-refractivity contribution is 5.27. The summed E-state index contributed by atoms with van der Waals surface area (Å²) in [6.45, 7) is 5.86. The average molecular weight is 275 g/mol. The summed E-state index contributed by atoms with van der Waals surface area (Å²) < 4.78 is 5.24. The fourth-order valence-corrected chi connectivity index (χ4v) is 2.84. The van der Waals surface area contributed by atoms with Gasteiger partial charge in [0.25, 0.3) is 0 Å². The van der Waals surface area contributed by atoms with Gasteiger partial charge in [-0.05, 0) is 55.3 Å². The summed E-state index contributed by atoms with van der Waals surface area (Å²) in [5, 5.41) is 3.71. The van der Waals surface area contributed by atoms with Crippen molar-refractivity contribution in [2.24, 2.45) is 11.8 Å².